The van der Waals surface area contributed by atoms with Crippen LogP contribution in [0.4, 0.5) is 10.5 Å². The molecule has 0 aliphatic carbocycles. The van der Waals surface area contributed by atoms with E-state index < -0.39 is 35.7 Å². The van der Waals surface area contributed by atoms with Crippen LogP contribution in [-0.4, -0.2) is 63.7 Å². The molecular formula is C38H38N4O5. The summed E-state index contributed by atoms with van der Waals surface area (Å²) in [5.74, 6) is -1.59. The number of amides is 3. The SMILES string of the molecule is Cc1ccc(C(=O)CN2C(=O)[C@H](NC(=O)C(Cc3ccccc3)N(C(=O)O)C(C)(C)C)N=C(c3ccccc3)c3ccccc32)cc1. The number of benzene rings is 4. The smallest absolute Gasteiger partial charge is 0.408 e. The van der Waals surface area contributed by atoms with Gasteiger partial charge in [0.05, 0.1) is 17.9 Å². The first-order valence-corrected chi connectivity index (χ1v) is 15.4. The van der Waals surface area contributed by atoms with Gasteiger partial charge in [-0.3, -0.25) is 19.3 Å². The summed E-state index contributed by atoms with van der Waals surface area (Å²) in [5.41, 5.74) is 3.50. The van der Waals surface area contributed by atoms with Crippen LogP contribution in [0.15, 0.2) is 114 Å². The predicted octanol–water partition coefficient (Wildman–Crippen LogP) is 5.89. The Morgan fingerprint density at radius 1 is 0.872 bits per heavy atom. The Kier molecular flexibility index (Phi) is 9.65. The molecule has 0 aromatic heterocycles. The molecule has 9 nitrogen and oxygen atoms in total. The standard InChI is InChI=1S/C38H38N4O5/c1-25-19-21-27(22-20-25)32(43)24-41-30-18-12-11-17-29(30)33(28-15-9-6-10-16-28)39-34(36(41)45)40-35(44)31(23-26-13-7-5-8-14-26)42(37(46)47)38(2,3)4/h5-22,31,34H,23-24H2,1-4H3,(H,40,44)(H,46,47)/t31?,34-/m0/s1. The maximum Gasteiger partial charge on any atom is 0.408 e. The van der Waals surface area contributed by atoms with Gasteiger partial charge in [-0.2, -0.15) is 0 Å². The zero-order valence-corrected chi connectivity index (χ0v) is 26.9. The molecule has 5 rings (SSSR count). The second kappa shape index (κ2) is 13.8. The van der Waals surface area contributed by atoms with E-state index in [0.717, 1.165) is 16.0 Å². The average molecular weight is 631 g/mol. The summed E-state index contributed by atoms with van der Waals surface area (Å²) in [6.07, 6.45) is -2.65. The van der Waals surface area contributed by atoms with Gasteiger partial charge in [-0.25, -0.2) is 9.79 Å². The molecule has 0 spiro atoms. The van der Waals surface area contributed by atoms with Crippen LogP contribution in [0.1, 0.15) is 53.4 Å². The normalized spacial score (nSPS) is 15.1. The highest BCUT2D eigenvalue weighted by molar-refractivity contribution is 6.21. The third kappa shape index (κ3) is 7.47. The minimum atomic E-state index is -1.45. The van der Waals surface area contributed by atoms with Crippen LogP contribution in [0.2, 0.25) is 0 Å². The first-order valence-electron chi connectivity index (χ1n) is 15.4. The Hall–Kier alpha value is -5.57. The number of nitrogens with one attached hydrogen (secondary N) is 1. The molecule has 0 bridgehead atoms. The van der Waals surface area contributed by atoms with Crippen molar-refractivity contribution in [1.82, 2.24) is 10.2 Å². The van der Waals surface area contributed by atoms with Crippen LogP contribution >= 0.6 is 0 Å². The second-order valence-corrected chi connectivity index (χ2v) is 12.5. The number of aliphatic imine (C=N–C) groups is 1. The van der Waals surface area contributed by atoms with Gasteiger partial charge in [-0.1, -0.05) is 109 Å². The number of nitrogens with zero attached hydrogens (tertiary/aromatic N) is 3. The zero-order chi connectivity index (χ0) is 33.7. The lowest BCUT2D eigenvalue weighted by molar-refractivity contribution is -0.131. The fraction of sp³-hybridized carbons (Fsp3) is 0.237. The van der Waals surface area contributed by atoms with E-state index in [-0.39, 0.29) is 18.7 Å². The van der Waals surface area contributed by atoms with Crippen molar-refractivity contribution in [1.29, 1.82) is 0 Å². The Morgan fingerprint density at radius 3 is 2.09 bits per heavy atom. The predicted molar refractivity (Wildman–Crippen MR) is 182 cm³/mol. The Balaban J connectivity index is 1.59. The van der Waals surface area contributed by atoms with Gasteiger partial charge in [0, 0.05) is 28.7 Å². The van der Waals surface area contributed by atoms with Crippen molar-refractivity contribution in [2.24, 2.45) is 4.99 Å². The van der Waals surface area contributed by atoms with Gasteiger partial charge in [0.15, 0.2) is 5.78 Å². The van der Waals surface area contributed by atoms with Crippen molar-refractivity contribution in [3.63, 3.8) is 0 Å². The number of carboxylic acid groups (broad SMARTS) is 1. The number of anilines is 1. The van der Waals surface area contributed by atoms with Gasteiger partial charge >= 0.3 is 6.09 Å². The summed E-state index contributed by atoms with van der Waals surface area (Å²) in [4.78, 5) is 62.1. The topological polar surface area (TPSA) is 119 Å². The quantitative estimate of drug-likeness (QED) is 0.224. The maximum absolute atomic E-state index is 14.4. The van der Waals surface area contributed by atoms with Crippen LogP contribution in [0.25, 0.3) is 0 Å². The monoisotopic (exact) mass is 630 g/mol. The van der Waals surface area contributed by atoms with Gasteiger partial charge in [0.1, 0.15) is 6.04 Å². The molecule has 1 heterocycles. The number of benzodiazepines with no additional fused rings is 1. The van der Waals surface area contributed by atoms with E-state index in [1.165, 1.54) is 4.90 Å². The lowest BCUT2D eigenvalue weighted by Gasteiger charge is -2.39. The molecule has 2 atom stereocenters. The van der Waals surface area contributed by atoms with Gasteiger partial charge < -0.3 is 15.3 Å². The second-order valence-electron chi connectivity index (χ2n) is 12.5. The van der Waals surface area contributed by atoms with Crippen molar-refractivity contribution in [3.05, 3.63) is 137 Å². The van der Waals surface area contributed by atoms with Gasteiger partial charge in [-0.05, 0) is 39.3 Å². The van der Waals surface area contributed by atoms with E-state index in [9.17, 15) is 24.3 Å². The van der Waals surface area contributed by atoms with Crippen LogP contribution in [0.3, 0.4) is 0 Å². The largest absolute Gasteiger partial charge is 0.465 e. The molecule has 0 fully saturated rings. The van der Waals surface area contributed by atoms with Crippen LogP contribution in [0.5, 0.6) is 0 Å². The summed E-state index contributed by atoms with van der Waals surface area (Å²) >= 11 is 0. The minimum Gasteiger partial charge on any atom is -0.465 e. The average Bonchev–Trinajstić information content (AvgIpc) is 3.15. The Labute approximate surface area is 274 Å². The maximum atomic E-state index is 14.4. The van der Waals surface area contributed by atoms with E-state index in [1.54, 1.807) is 45.0 Å². The first-order chi connectivity index (χ1) is 22.4. The number of aryl methyl sites for hydroxylation is 1. The van der Waals surface area contributed by atoms with Crippen molar-refractivity contribution in [2.75, 3.05) is 11.4 Å². The number of Topliss-reactive ketones (excluding diaryl/α,β-unsaturated/α-hetero) is 1. The molecule has 9 heteroatoms. The number of fused-ring (bicyclic) bond motifs is 1. The lowest BCUT2D eigenvalue weighted by atomic mass is 9.97. The lowest BCUT2D eigenvalue weighted by Crippen LogP contribution is -2.60. The van der Waals surface area contributed by atoms with Gasteiger partial charge in [-0.15, -0.1) is 0 Å². The van der Waals surface area contributed by atoms with Crippen molar-refractivity contribution < 1.29 is 24.3 Å². The molecule has 47 heavy (non-hydrogen) atoms. The molecule has 240 valence electrons. The minimum absolute atomic E-state index is 0.0717. The zero-order valence-electron chi connectivity index (χ0n) is 26.9. The number of rotatable bonds is 9. The highest BCUT2D eigenvalue weighted by Crippen LogP contribution is 2.29. The van der Waals surface area contributed by atoms with Gasteiger partial charge in [0.2, 0.25) is 12.1 Å². The van der Waals surface area contributed by atoms with Crippen LogP contribution in [0, 0.1) is 6.92 Å². The summed E-state index contributed by atoms with van der Waals surface area (Å²) in [6.45, 7) is 6.77. The summed E-state index contributed by atoms with van der Waals surface area (Å²) in [5, 5.41) is 13.1. The molecule has 1 unspecified atom stereocenters. The highest BCUT2D eigenvalue weighted by Gasteiger charge is 2.40. The third-order valence-corrected chi connectivity index (χ3v) is 8.02. The molecule has 3 amide bonds. The summed E-state index contributed by atoms with van der Waals surface area (Å²) < 4.78 is 0. The molecule has 2 N–H and O–H groups in total. The number of hydrogen-bond donors (Lipinski definition) is 2. The summed E-state index contributed by atoms with van der Waals surface area (Å²) in [6, 6.07) is 31.5. The molecule has 0 saturated carbocycles. The third-order valence-electron chi connectivity index (χ3n) is 8.02. The first kappa shape index (κ1) is 32.8. The van der Waals surface area contributed by atoms with Crippen molar-refractivity contribution in [3.8, 4) is 0 Å². The van der Waals surface area contributed by atoms with E-state index in [1.807, 2.05) is 91.9 Å². The molecule has 0 saturated heterocycles. The van der Waals surface area contributed by atoms with E-state index in [4.69, 9.17) is 4.99 Å². The van der Waals surface area contributed by atoms with E-state index >= 15 is 0 Å². The number of carbonyl (C=O) groups excluding carboxylic acids is 3. The molecular weight excluding hydrogens is 592 g/mol. The fourth-order valence-electron chi connectivity index (χ4n) is 5.74. The van der Waals surface area contributed by atoms with E-state index in [2.05, 4.69) is 5.32 Å². The molecule has 4 aromatic rings. The highest BCUT2D eigenvalue weighted by atomic mass is 16.4. The Morgan fingerprint density at radius 2 is 1.47 bits per heavy atom. The van der Waals surface area contributed by atoms with Crippen molar-refractivity contribution in [2.45, 2.75) is 51.9 Å². The van der Waals surface area contributed by atoms with Crippen LogP contribution in [-0.2, 0) is 16.0 Å². The van der Waals surface area contributed by atoms with E-state index in [0.29, 0.717) is 28.1 Å². The number of carbonyl (C=O) groups is 4. The molecule has 1 aliphatic rings. The number of para-hydroxylation sites is 1. The van der Waals surface area contributed by atoms with Gasteiger partial charge in [0.25, 0.3) is 5.91 Å². The fourth-order valence-corrected chi connectivity index (χ4v) is 5.74. The molecule has 1 aliphatic heterocycles. The van der Waals surface area contributed by atoms with Crippen molar-refractivity contribution >= 4 is 35.1 Å². The molecule has 0 radical (unpaired) electrons. The van der Waals surface area contributed by atoms with Crippen LogP contribution < -0.4 is 10.2 Å². The number of ketones is 1. The Bertz CT molecular complexity index is 1800. The number of hydrogen-bond acceptors (Lipinski definition) is 5. The molecule has 4 aromatic carbocycles. The summed E-state index contributed by atoms with van der Waals surface area (Å²) in [7, 11) is 0.